The van der Waals surface area contributed by atoms with E-state index in [2.05, 4.69) is 43.0 Å². The summed E-state index contributed by atoms with van der Waals surface area (Å²) < 4.78 is 0. The van der Waals surface area contributed by atoms with Gasteiger partial charge in [-0.15, -0.1) is 0 Å². The topological polar surface area (TPSA) is 87.7 Å². The van der Waals surface area contributed by atoms with Gasteiger partial charge in [-0.2, -0.15) is 0 Å². The van der Waals surface area contributed by atoms with Crippen molar-refractivity contribution in [2.45, 2.75) is 58.0 Å². The van der Waals surface area contributed by atoms with E-state index in [0.717, 1.165) is 29.9 Å². The highest BCUT2D eigenvalue weighted by molar-refractivity contribution is 7.99. The van der Waals surface area contributed by atoms with E-state index in [1.54, 1.807) is 24.2 Å². The predicted molar refractivity (Wildman–Crippen MR) is 120 cm³/mol. The number of carbonyl (C=O) groups excluding carboxylic acids is 1. The molecule has 0 unspecified atom stereocenters. The molecule has 4 rings (SSSR count). The van der Waals surface area contributed by atoms with Gasteiger partial charge in [-0.3, -0.25) is 14.6 Å². The summed E-state index contributed by atoms with van der Waals surface area (Å²) in [6.45, 7) is 8.56. The van der Waals surface area contributed by atoms with Crippen molar-refractivity contribution in [3.05, 3.63) is 57.3 Å². The first-order valence-electron chi connectivity index (χ1n) is 10.5. The third-order valence-corrected chi connectivity index (χ3v) is 6.56. The van der Waals surface area contributed by atoms with E-state index >= 15 is 0 Å². The molecule has 1 atom stereocenters. The Hall–Kier alpha value is -2.41. The number of allylic oxidation sites excluding steroid dienone is 2. The van der Waals surface area contributed by atoms with Gasteiger partial charge in [-0.05, 0) is 35.8 Å². The third-order valence-electron chi connectivity index (χ3n) is 5.65. The zero-order valence-corrected chi connectivity index (χ0v) is 18.7. The monoisotopic (exact) mass is 424 g/mol. The van der Waals surface area contributed by atoms with Crippen LogP contribution in [0.4, 0.5) is 5.82 Å². The molecule has 0 bridgehead atoms. The molecule has 0 saturated heterocycles. The van der Waals surface area contributed by atoms with Crippen molar-refractivity contribution in [3.8, 4) is 0 Å². The van der Waals surface area contributed by atoms with E-state index in [9.17, 15) is 9.59 Å². The quantitative estimate of drug-likeness (QED) is 0.543. The van der Waals surface area contributed by atoms with E-state index in [0.29, 0.717) is 34.4 Å². The van der Waals surface area contributed by atoms with E-state index in [1.807, 2.05) is 12.1 Å². The average molecular weight is 425 g/mol. The summed E-state index contributed by atoms with van der Waals surface area (Å²) >= 11 is 1.56. The predicted octanol–water partition coefficient (Wildman–Crippen LogP) is 4.50. The highest BCUT2D eigenvalue weighted by Gasteiger charge is 2.42. The Balaban J connectivity index is 1.81. The van der Waals surface area contributed by atoms with Gasteiger partial charge in [-0.1, -0.05) is 45.5 Å². The smallest absolute Gasteiger partial charge is 0.257 e. The lowest BCUT2D eigenvalue weighted by Crippen LogP contribution is -2.37. The van der Waals surface area contributed by atoms with E-state index in [-0.39, 0.29) is 16.8 Å². The number of rotatable bonds is 5. The Labute approximate surface area is 181 Å². The molecule has 2 N–H and O–H groups in total. The number of ketones is 1. The fourth-order valence-corrected chi connectivity index (χ4v) is 5.34. The zero-order chi connectivity index (χ0) is 21.5. The summed E-state index contributed by atoms with van der Waals surface area (Å²) in [5, 5.41) is 3.97. The number of anilines is 1. The molecule has 0 saturated carbocycles. The minimum Gasteiger partial charge on any atom is -0.343 e. The summed E-state index contributed by atoms with van der Waals surface area (Å²) in [5.41, 5.74) is 2.58. The van der Waals surface area contributed by atoms with Gasteiger partial charge in [0.2, 0.25) is 0 Å². The third kappa shape index (κ3) is 4.08. The molecule has 0 aromatic carbocycles. The van der Waals surface area contributed by atoms with Gasteiger partial charge in [0.05, 0.1) is 5.56 Å². The molecule has 0 fully saturated rings. The van der Waals surface area contributed by atoms with Crippen molar-refractivity contribution in [3.63, 3.8) is 0 Å². The maximum atomic E-state index is 13.2. The molecular formula is C23H28N4O2S. The number of hydrogen-bond donors (Lipinski definition) is 2. The van der Waals surface area contributed by atoms with Crippen LogP contribution >= 0.6 is 11.8 Å². The van der Waals surface area contributed by atoms with Crippen molar-refractivity contribution in [1.82, 2.24) is 15.0 Å². The highest BCUT2D eigenvalue weighted by atomic mass is 32.2. The number of H-pyrrole nitrogens is 1. The SMILES string of the molecule is CC(C)CCSc1nc2c(c(=O)[nH]1)[C@H](c1cccnc1)C1=C(CC(C)(C)CC1=O)N2. The second-order valence-electron chi connectivity index (χ2n) is 9.34. The molecule has 3 heterocycles. The molecular weight excluding hydrogens is 396 g/mol. The van der Waals surface area contributed by atoms with Crippen LogP contribution in [0.1, 0.15) is 64.0 Å². The molecule has 30 heavy (non-hydrogen) atoms. The van der Waals surface area contributed by atoms with E-state index in [4.69, 9.17) is 4.98 Å². The van der Waals surface area contributed by atoms with Crippen LogP contribution in [0.3, 0.4) is 0 Å². The molecule has 2 aromatic heterocycles. The zero-order valence-electron chi connectivity index (χ0n) is 17.9. The van der Waals surface area contributed by atoms with Crippen molar-refractivity contribution in [1.29, 1.82) is 0 Å². The van der Waals surface area contributed by atoms with Gasteiger partial charge >= 0.3 is 0 Å². The van der Waals surface area contributed by atoms with Crippen LogP contribution in [0.15, 0.2) is 45.7 Å². The Kier molecular flexibility index (Phi) is 5.57. The fraction of sp³-hybridized carbons (Fsp3) is 0.478. The summed E-state index contributed by atoms with van der Waals surface area (Å²) in [6.07, 6.45) is 5.70. The normalized spacial score (nSPS) is 20.0. The van der Waals surface area contributed by atoms with Crippen LogP contribution < -0.4 is 10.9 Å². The lowest BCUT2D eigenvalue weighted by atomic mass is 9.69. The number of fused-ring (bicyclic) bond motifs is 1. The van der Waals surface area contributed by atoms with Crippen LogP contribution in [-0.2, 0) is 4.79 Å². The number of aromatic amines is 1. The maximum absolute atomic E-state index is 13.2. The highest BCUT2D eigenvalue weighted by Crippen LogP contribution is 2.47. The number of hydrogen-bond acceptors (Lipinski definition) is 6. The van der Waals surface area contributed by atoms with Crippen molar-refractivity contribution in [2.24, 2.45) is 11.3 Å². The molecule has 158 valence electrons. The van der Waals surface area contributed by atoms with Crippen LogP contribution in [-0.4, -0.2) is 26.5 Å². The van der Waals surface area contributed by atoms with Crippen LogP contribution in [0.25, 0.3) is 0 Å². The molecule has 1 aliphatic carbocycles. The average Bonchev–Trinajstić information content (AvgIpc) is 2.65. The minimum atomic E-state index is -0.445. The van der Waals surface area contributed by atoms with E-state index < -0.39 is 5.92 Å². The number of pyridine rings is 1. The van der Waals surface area contributed by atoms with Crippen molar-refractivity contribution >= 4 is 23.4 Å². The summed E-state index contributed by atoms with van der Waals surface area (Å²) in [6, 6.07) is 3.77. The second kappa shape index (κ2) is 8.02. The van der Waals surface area contributed by atoms with Crippen molar-refractivity contribution < 1.29 is 4.79 Å². The van der Waals surface area contributed by atoms with E-state index in [1.165, 1.54) is 0 Å². The minimum absolute atomic E-state index is 0.0861. The van der Waals surface area contributed by atoms with Gasteiger partial charge in [-0.25, -0.2) is 4.98 Å². The molecule has 6 nitrogen and oxygen atoms in total. The molecule has 0 amide bonds. The lowest BCUT2D eigenvalue weighted by molar-refractivity contribution is -0.118. The van der Waals surface area contributed by atoms with Gasteiger partial charge in [0, 0.05) is 41.8 Å². The summed E-state index contributed by atoms with van der Waals surface area (Å²) in [7, 11) is 0. The molecule has 2 aliphatic rings. The van der Waals surface area contributed by atoms with Crippen molar-refractivity contribution in [2.75, 3.05) is 11.1 Å². The maximum Gasteiger partial charge on any atom is 0.257 e. The molecule has 1 aliphatic heterocycles. The van der Waals surface area contributed by atoms with Gasteiger partial charge < -0.3 is 10.3 Å². The lowest BCUT2D eigenvalue weighted by Gasteiger charge is -2.38. The number of nitrogens with one attached hydrogen (secondary N) is 2. The standard InChI is InChI=1S/C23H28N4O2S/c1-13(2)7-9-30-22-26-20-19(21(29)27-22)17(14-6-5-8-24-12-14)18-15(25-20)10-23(3,4)11-16(18)28/h5-6,8,12-13,17H,7,9-11H2,1-4H3,(H2,25,26,27,29)/t17-/m1/s1. The molecule has 7 heteroatoms. The number of nitrogens with zero attached hydrogens (tertiary/aromatic N) is 2. The number of Topliss-reactive ketones (excluding diaryl/α,β-unsaturated/α-hetero) is 1. The van der Waals surface area contributed by atoms with Gasteiger partial charge in [0.25, 0.3) is 5.56 Å². The second-order valence-corrected chi connectivity index (χ2v) is 10.4. The Morgan fingerprint density at radius 3 is 2.77 bits per heavy atom. The van der Waals surface area contributed by atoms with Crippen LogP contribution in [0.2, 0.25) is 0 Å². The summed E-state index contributed by atoms with van der Waals surface area (Å²) in [5.74, 6) is 1.69. The molecule has 2 aromatic rings. The first-order valence-corrected chi connectivity index (χ1v) is 11.4. The van der Waals surface area contributed by atoms with Crippen LogP contribution in [0.5, 0.6) is 0 Å². The van der Waals surface area contributed by atoms with Gasteiger partial charge in [0.15, 0.2) is 10.9 Å². The first kappa shape index (κ1) is 20.8. The number of aromatic nitrogens is 3. The number of carbonyl (C=O) groups is 1. The Morgan fingerprint density at radius 1 is 1.27 bits per heavy atom. The molecule has 0 radical (unpaired) electrons. The molecule has 0 spiro atoms. The fourth-order valence-electron chi connectivity index (χ4n) is 4.23. The summed E-state index contributed by atoms with van der Waals surface area (Å²) in [4.78, 5) is 38.3. The Bertz CT molecular complexity index is 1060. The Morgan fingerprint density at radius 2 is 2.07 bits per heavy atom. The first-order chi connectivity index (χ1) is 14.2. The van der Waals surface area contributed by atoms with Crippen LogP contribution in [0, 0.1) is 11.3 Å². The largest absolute Gasteiger partial charge is 0.343 e. The number of thioether (sulfide) groups is 1. The van der Waals surface area contributed by atoms with Gasteiger partial charge in [0.1, 0.15) is 5.82 Å².